The summed E-state index contributed by atoms with van der Waals surface area (Å²) in [6.45, 7) is 0. The molecular weight excluding hydrogens is 264 g/mol. The molecule has 1 aromatic heterocycles. The lowest BCUT2D eigenvalue weighted by Gasteiger charge is -2.09. The van der Waals surface area contributed by atoms with Gasteiger partial charge in [-0.3, -0.25) is 4.79 Å². The van der Waals surface area contributed by atoms with Crippen LogP contribution in [0.2, 0.25) is 5.02 Å². The number of pyridine rings is 1. The molecule has 4 nitrogen and oxygen atoms in total. The molecule has 2 rings (SSSR count). The van der Waals surface area contributed by atoms with Crippen LogP contribution in [0.5, 0.6) is 5.75 Å². The second kappa shape index (κ2) is 6.20. The fourth-order valence-corrected chi connectivity index (χ4v) is 1.84. The first-order valence-corrected chi connectivity index (χ1v) is 6.11. The van der Waals surface area contributed by atoms with Crippen molar-refractivity contribution >= 4 is 23.3 Å². The van der Waals surface area contributed by atoms with Crippen LogP contribution in [0.15, 0.2) is 42.6 Å². The first-order chi connectivity index (χ1) is 9.20. The van der Waals surface area contributed by atoms with Crippen LogP contribution in [0, 0.1) is 0 Å². The Morgan fingerprint density at radius 2 is 2.11 bits per heavy atom. The van der Waals surface area contributed by atoms with Crippen molar-refractivity contribution in [1.29, 1.82) is 0 Å². The minimum absolute atomic E-state index is 0.190. The Balaban J connectivity index is 2.08. The Hall–Kier alpha value is -2.07. The van der Waals surface area contributed by atoms with Crippen LogP contribution in [-0.2, 0) is 11.2 Å². The van der Waals surface area contributed by atoms with Crippen LogP contribution in [0.1, 0.15) is 5.56 Å². The number of nitrogens with one attached hydrogen (secondary N) is 1. The van der Waals surface area contributed by atoms with Gasteiger partial charge in [0.25, 0.3) is 0 Å². The van der Waals surface area contributed by atoms with Crippen molar-refractivity contribution in [2.24, 2.45) is 0 Å². The van der Waals surface area contributed by atoms with E-state index in [0.29, 0.717) is 16.6 Å². The van der Waals surface area contributed by atoms with Gasteiger partial charge in [-0.2, -0.15) is 0 Å². The quantitative estimate of drug-likeness (QED) is 0.934. The van der Waals surface area contributed by atoms with E-state index in [1.54, 1.807) is 25.4 Å². The van der Waals surface area contributed by atoms with E-state index in [1.807, 2.05) is 24.3 Å². The fourth-order valence-electron chi connectivity index (χ4n) is 1.68. The maximum atomic E-state index is 11.9. The molecule has 1 heterocycles. The summed E-state index contributed by atoms with van der Waals surface area (Å²) in [6.07, 6.45) is 1.78. The van der Waals surface area contributed by atoms with Gasteiger partial charge in [0.05, 0.1) is 18.6 Å². The zero-order valence-corrected chi connectivity index (χ0v) is 11.1. The Morgan fingerprint density at radius 1 is 1.32 bits per heavy atom. The van der Waals surface area contributed by atoms with E-state index in [2.05, 4.69) is 10.3 Å². The van der Waals surface area contributed by atoms with Gasteiger partial charge in [0, 0.05) is 11.8 Å². The van der Waals surface area contributed by atoms with Crippen LogP contribution in [0.25, 0.3) is 0 Å². The number of aromatic nitrogens is 1. The van der Waals surface area contributed by atoms with Crippen LogP contribution >= 0.6 is 11.6 Å². The maximum Gasteiger partial charge on any atom is 0.230 e. The summed E-state index contributed by atoms with van der Waals surface area (Å²) in [5, 5.41) is 3.09. The SMILES string of the molecule is COc1ccccc1CC(=O)Nc1ncccc1Cl. The number of hydrogen-bond donors (Lipinski definition) is 1. The lowest BCUT2D eigenvalue weighted by Crippen LogP contribution is -2.16. The van der Waals surface area contributed by atoms with Crippen molar-refractivity contribution < 1.29 is 9.53 Å². The maximum absolute atomic E-state index is 11.9. The molecule has 0 radical (unpaired) electrons. The van der Waals surface area contributed by atoms with Gasteiger partial charge in [-0.05, 0) is 18.2 Å². The lowest BCUT2D eigenvalue weighted by atomic mass is 10.1. The van der Waals surface area contributed by atoms with Gasteiger partial charge < -0.3 is 10.1 Å². The molecule has 0 saturated heterocycles. The Labute approximate surface area is 116 Å². The monoisotopic (exact) mass is 276 g/mol. The van der Waals surface area contributed by atoms with E-state index in [4.69, 9.17) is 16.3 Å². The van der Waals surface area contributed by atoms with Gasteiger partial charge in [0.15, 0.2) is 5.82 Å². The highest BCUT2D eigenvalue weighted by Crippen LogP contribution is 2.20. The normalized spacial score (nSPS) is 10.0. The molecule has 98 valence electrons. The highest BCUT2D eigenvalue weighted by atomic mass is 35.5. The average molecular weight is 277 g/mol. The van der Waals surface area contributed by atoms with E-state index in [9.17, 15) is 4.79 Å². The van der Waals surface area contributed by atoms with Crippen LogP contribution in [0.3, 0.4) is 0 Å². The minimum Gasteiger partial charge on any atom is -0.496 e. The van der Waals surface area contributed by atoms with E-state index >= 15 is 0 Å². The molecular formula is C14H13ClN2O2. The van der Waals surface area contributed by atoms with Crippen LogP contribution < -0.4 is 10.1 Å². The molecule has 5 heteroatoms. The van der Waals surface area contributed by atoms with Gasteiger partial charge in [0.1, 0.15) is 5.75 Å². The molecule has 0 bridgehead atoms. The predicted molar refractivity (Wildman–Crippen MR) is 74.6 cm³/mol. The number of carbonyl (C=O) groups excluding carboxylic acids is 1. The molecule has 1 aromatic carbocycles. The number of halogens is 1. The number of nitrogens with zero attached hydrogens (tertiary/aromatic N) is 1. The van der Waals surface area contributed by atoms with E-state index < -0.39 is 0 Å². The third-order valence-electron chi connectivity index (χ3n) is 2.56. The molecule has 0 saturated carbocycles. The van der Waals surface area contributed by atoms with Gasteiger partial charge in [-0.1, -0.05) is 29.8 Å². The van der Waals surface area contributed by atoms with Crippen molar-refractivity contribution in [3.8, 4) is 5.75 Å². The Morgan fingerprint density at radius 3 is 2.84 bits per heavy atom. The predicted octanol–water partition coefficient (Wildman–Crippen LogP) is 2.92. The van der Waals surface area contributed by atoms with E-state index in [0.717, 1.165) is 5.56 Å². The smallest absolute Gasteiger partial charge is 0.230 e. The van der Waals surface area contributed by atoms with Crippen molar-refractivity contribution in [2.45, 2.75) is 6.42 Å². The minimum atomic E-state index is -0.190. The van der Waals surface area contributed by atoms with Crippen molar-refractivity contribution in [3.05, 3.63) is 53.2 Å². The molecule has 1 amide bonds. The Kier molecular flexibility index (Phi) is 4.36. The molecule has 1 N–H and O–H groups in total. The first kappa shape index (κ1) is 13.4. The average Bonchev–Trinajstić information content (AvgIpc) is 2.42. The standard InChI is InChI=1S/C14H13ClN2O2/c1-19-12-7-3-2-5-10(12)9-13(18)17-14-11(15)6-4-8-16-14/h2-8H,9H2,1H3,(H,16,17,18). The number of para-hydroxylation sites is 1. The number of rotatable bonds is 4. The third kappa shape index (κ3) is 3.45. The summed E-state index contributed by atoms with van der Waals surface area (Å²) in [5.74, 6) is 0.860. The van der Waals surface area contributed by atoms with E-state index in [-0.39, 0.29) is 12.3 Å². The number of anilines is 1. The number of benzene rings is 1. The summed E-state index contributed by atoms with van der Waals surface area (Å²) >= 11 is 5.93. The molecule has 19 heavy (non-hydrogen) atoms. The van der Waals surface area contributed by atoms with Crippen LogP contribution in [0.4, 0.5) is 5.82 Å². The largest absolute Gasteiger partial charge is 0.496 e. The molecule has 0 aliphatic heterocycles. The third-order valence-corrected chi connectivity index (χ3v) is 2.86. The van der Waals surface area contributed by atoms with Crippen LogP contribution in [-0.4, -0.2) is 18.0 Å². The summed E-state index contributed by atoms with van der Waals surface area (Å²) in [5.41, 5.74) is 0.814. The Bertz CT molecular complexity index is 587. The zero-order valence-electron chi connectivity index (χ0n) is 10.4. The van der Waals surface area contributed by atoms with Gasteiger partial charge in [-0.25, -0.2) is 4.98 Å². The highest BCUT2D eigenvalue weighted by molar-refractivity contribution is 6.33. The van der Waals surface area contributed by atoms with Crippen molar-refractivity contribution in [3.63, 3.8) is 0 Å². The summed E-state index contributed by atoms with van der Waals surface area (Å²) in [7, 11) is 1.58. The van der Waals surface area contributed by atoms with Crippen molar-refractivity contribution in [2.75, 3.05) is 12.4 Å². The van der Waals surface area contributed by atoms with Gasteiger partial charge >= 0.3 is 0 Å². The molecule has 0 fully saturated rings. The summed E-state index contributed by atoms with van der Waals surface area (Å²) in [4.78, 5) is 15.9. The lowest BCUT2D eigenvalue weighted by molar-refractivity contribution is -0.115. The number of carbonyl (C=O) groups is 1. The fraction of sp³-hybridized carbons (Fsp3) is 0.143. The molecule has 0 spiro atoms. The van der Waals surface area contributed by atoms with Crippen molar-refractivity contribution in [1.82, 2.24) is 4.98 Å². The first-order valence-electron chi connectivity index (χ1n) is 5.73. The van der Waals surface area contributed by atoms with E-state index in [1.165, 1.54) is 0 Å². The molecule has 2 aromatic rings. The molecule has 0 aliphatic rings. The number of methoxy groups -OCH3 is 1. The topological polar surface area (TPSA) is 51.2 Å². The number of ether oxygens (including phenoxy) is 1. The van der Waals surface area contributed by atoms with Gasteiger partial charge in [-0.15, -0.1) is 0 Å². The van der Waals surface area contributed by atoms with Gasteiger partial charge in [0.2, 0.25) is 5.91 Å². The molecule has 0 aliphatic carbocycles. The summed E-state index contributed by atoms with van der Waals surface area (Å²) in [6, 6.07) is 10.8. The number of hydrogen-bond acceptors (Lipinski definition) is 3. The second-order valence-corrected chi connectivity index (χ2v) is 4.28. The molecule has 0 atom stereocenters. The summed E-state index contributed by atoms with van der Waals surface area (Å²) < 4.78 is 5.20. The highest BCUT2D eigenvalue weighted by Gasteiger charge is 2.10. The molecule has 0 unspecified atom stereocenters. The zero-order chi connectivity index (χ0) is 13.7. The number of amides is 1. The second-order valence-electron chi connectivity index (χ2n) is 3.87.